The Morgan fingerprint density at radius 2 is 1.71 bits per heavy atom. The number of Topliss-reactive ketones (excluding diaryl/α,β-unsaturated/α-hetero) is 1. The second-order valence-electron chi connectivity index (χ2n) is 7.63. The van der Waals surface area contributed by atoms with E-state index in [-0.39, 0.29) is 11.3 Å². The molecule has 1 saturated heterocycles. The van der Waals surface area contributed by atoms with Crippen LogP contribution >= 0.6 is 0 Å². The zero-order chi connectivity index (χ0) is 22.5. The first-order chi connectivity index (χ1) is 14.9. The molecule has 1 heterocycles. The van der Waals surface area contributed by atoms with Gasteiger partial charge in [0.15, 0.2) is 11.5 Å². The summed E-state index contributed by atoms with van der Waals surface area (Å²) in [6.07, 6.45) is 0.708. The van der Waals surface area contributed by atoms with Crippen molar-refractivity contribution in [1.29, 1.82) is 0 Å². The van der Waals surface area contributed by atoms with Crippen molar-refractivity contribution in [2.75, 3.05) is 41.4 Å². The summed E-state index contributed by atoms with van der Waals surface area (Å²) in [7, 11) is 6.93. The van der Waals surface area contributed by atoms with E-state index in [1.807, 2.05) is 49.3 Å². The number of rotatable bonds is 8. The Morgan fingerprint density at radius 3 is 2.32 bits per heavy atom. The van der Waals surface area contributed by atoms with Crippen LogP contribution in [0.15, 0.2) is 54.1 Å². The smallest absolute Gasteiger partial charge is 0.295 e. The zero-order valence-electron chi connectivity index (χ0n) is 18.3. The highest BCUT2D eigenvalue weighted by atomic mass is 16.5. The first-order valence-corrected chi connectivity index (χ1v) is 10.1. The highest BCUT2D eigenvalue weighted by molar-refractivity contribution is 6.46. The molecule has 1 amide bonds. The highest BCUT2D eigenvalue weighted by Gasteiger charge is 2.45. The van der Waals surface area contributed by atoms with Crippen molar-refractivity contribution in [3.8, 4) is 11.5 Å². The average molecular weight is 424 g/mol. The number of hydrogen-bond donors (Lipinski definition) is 1. The van der Waals surface area contributed by atoms with E-state index in [0.717, 1.165) is 12.1 Å². The van der Waals surface area contributed by atoms with Crippen molar-refractivity contribution < 1.29 is 24.2 Å². The average Bonchev–Trinajstić information content (AvgIpc) is 3.03. The summed E-state index contributed by atoms with van der Waals surface area (Å²) in [5.74, 6) is -0.602. The monoisotopic (exact) mass is 424 g/mol. The second-order valence-corrected chi connectivity index (χ2v) is 7.63. The number of aliphatic hydroxyl groups is 1. The molecular weight excluding hydrogens is 396 g/mol. The third kappa shape index (κ3) is 4.56. The number of likely N-dealkylation sites (tertiary alicyclic amines) is 1. The van der Waals surface area contributed by atoms with E-state index < -0.39 is 17.7 Å². The number of aliphatic hydroxyl groups excluding tert-OH is 1. The molecule has 7 heteroatoms. The van der Waals surface area contributed by atoms with Crippen LogP contribution in [0.25, 0.3) is 5.76 Å². The third-order valence-electron chi connectivity index (χ3n) is 5.32. The van der Waals surface area contributed by atoms with Gasteiger partial charge < -0.3 is 24.4 Å². The number of benzene rings is 2. The minimum absolute atomic E-state index is 0.0771. The molecule has 1 atom stereocenters. The Labute approximate surface area is 182 Å². The number of ketones is 1. The van der Waals surface area contributed by atoms with Crippen LogP contribution in [-0.4, -0.2) is 68.0 Å². The molecule has 0 saturated carbocycles. The van der Waals surface area contributed by atoms with E-state index in [4.69, 9.17) is 9.47 Å². The summed E-state index contributed by atoms with van der Waals surface area (Å²) in [6, 6.07) is 13.5. The molecule has 0 aliphatic carbocycles. The van der Waals surface area contributed by atoms with Crippen LogP contribution < -0.4 is 9.47 Å². The molecule has 0 bridgehead atoms. The second kappa shape index (κ2) is 9.66. The van der Waals surface area contributed by atoms with Crippen LogP contribution in [0, 0.1) is 0 Å². The largest absolute Gasteiger partial charge is 0.507 e. The molecule has 1 N–H and O–H groups in total. The number of carbonyl (C=O) groups is 2. The van der Waals surface area contributed by atoms with Gasteiger partial charge in [-0.05, 0) is 50.8 Å². The van der Waals surface area contributed by atoms with Gasteiger partial charge in [-0.3, -0.25) is 9.59 Å². The molecule has 3 rings (SSSR count). The fraction of sp³-hybridized carbons (Fsp3) is 0.333. The molecule has 1 aliphatic heterocycles. The van der Waals surface area contributed by atoms with Crippen LogP contribution in [0.1, 0.15) is 23.6 Å². The number of carbonyl (C=O) groups excluding carboxylic acids is 2. The highest BCUT2D eigenvalue weighted by Crippen LogP contribution is 2.40. The molecule has 0 radical (unpaired) electrons. The van der Waals surface area contributed by atoms with Gasteiger partial charge in [0.2, 0.25) is 0 Å². The first kappa shape index (κ1) is 22.4. The summed E-state index contributed by atoms with van der Waals surface area (Å²) < 4.78 is 10.6. The van der Waals surface area contributed by atoms with Gasteiger partial charge >= 0.3 is 0 Å². The predicted octanol–water partition coefficient (Wildman–Crippen LogP) is 3.08. The minimum atomic E-state index is -0.689. The number of hydrogen-bond acceptors (Lipinski definition) is 6. The van der Waals surface area contributed by atoms with Crippen LogP contribution in [0.2, 0.25) is 0 Å². The van der Waals surface area contributed by atoms with Crippen LogP contribution in [-0.2, 0) is 9.59 Å². The van der Waals surface area contributed by atoms with Gasteiger partial charge in [-0.2, -0.15) is 0 Å². The van der Waals surface area contributed by atoms with E-state index >= 15 is 0 Å². The Kier molecular flexibility index (Phi) is 6.97. The molecule has 0 aromatic heterocycles. The lowest BCUT2D eigenvalue weighted by molar-refractivity contribution is -0.139. The molecule has 0 unspecified atom stereocenters. The summed E-state index contributed by atoms with van der Waals surface area (Å²) in [4.78, 5) is 29.5. The lowest BCUT2D eigenvalue weighted by atomic mass is 9.95. The van der Waals surface area contributed by atoms with E-state index in [1.165, 1.54) is 14.2 Å². The lowest BCUT2D eigenvalue weighted by Crippen LogP contribution is -2.32. The maximum atomic E-state index is 13.0. The normalized spacial score (nSPS) is 18.0. The third-order valence-corrected chi connectivity index (χ3v) is 5.32. The SMILES string of the molecule is COc1ccc(C(O)=C2C(=O)C(=O)N(CCCN(C)C)[C@@H]2c2ccccc2)cc1OC. The first-order valence-electron chi connectivity index (χ1n) is 10.1. The molecular formula is C24H28N2O5. The van der Waals surface area contributed by atoms with Crippen molar-refractivity contribution >= 4 is 17.4 Å². The van der Waals surface area contributed by atoms with E-state index in [2.05, 4.69) is 0 Å². The number of amides is 1. The van der Waals surface area contributed by atoms with Crippen molar-refractivity contribution in [2.45, 2.75) is 12.5 Å². The lowest BCUT2D eigenvalue weighted by Gasteiger charge is -2.26. The maximum Gasteiger partial charge on any atom is 0.295 e. The van der Waals surface area contributed by atoms with Gasteiger partial charge in [0.05, 0.1) is 25.8 Å². The Morgan fingerprint density at radius 1 is 1.03 bits per heavy atom. The van der Waals surface area contributed by atoms with E-state index in [0.29, 0.717) is 30.0 Å². The fourth-order valence-electron chi connectivity index (χ4n) is 3.79. The number of ether oxygens (including phenoxy) is 2. The molecule has 1 fully saturated rings. The molecule has 31 heavy (non-hydrogen) atoms. The molecule has 2 aromatic rings. The van der Waals surface area contributed by atoms with Gasteiger partial charge in [-0.25, -0.2) is 0 Å². The summed E-state index contributed by atoms with van der Waals surface area (Å²) in [5, 5.41) is 11.1. The minimum Gasteiger partial charge on any atom is -0.507 e. The van der Waals surface area contributed by atoms with Crippen molar-refractivity contribution in [2.24, 2.45) is 0 Å². The van der Waals surface area contributed by atoms with E-state index in [1.54, 1.807) is 23.1 Å². The molecule has 7 nitrogen and oxygen atoms in total. The van der Waals surface area contributed by atoms with Crippen LogP contribution in [0.4, 0.5) is 0 Å². The summed E-state index contributed by atoms with van der Waals surface area (Å²) in [6.45, 7) is 1.19. The van der Waals surface area contributed by atoms with Crippen LogP contribution in [0.5, 0.6) is 11.5 Å². The summed E-state index contributed by atoms with van der Waals surface area (Å²) >= 11 is 0. The quantitative estimate of drug-likeness (QED) is 0.399. The van der Waals surface area contributed by atoms with Gasteiger partial charge in [-0.1, -0.05) is 30.3 Å². The number of methoxy groups -OCH3 is 2. The molecule has 0 spiro atoms. The molecule has 2 aromatic carbocycles. The van der Waals surface area contributed by atoms with Crippen molar-refractivity contribution in [1.82, 2.24) is 9.80 Å². The molecule has 1 aliphatic rings. The zero-order valence-corrected chi connectivity index (χ0v) is 18.3. The van der Waals surface area contributed by atoms with Gasteiger partial charge in [-0.15, -0.1) is 0 Å². The Bertz CT molecular complexity index is 985. The topological polar surface area (TPSA) is 79.3 Å². The summed E-state index contributed by atoms with van der Waals surface area (Å²) in [5.41, 5.74) is 1.23. The Hall–Kier alpha value is -3.32. The van der Waals surface area contributed by atoms with Crippen LogP contribution in [0.3, 0.4) is 0 Å². The van der Waals surface area contributed by atoms with Crippen molar-refractivity contribution in [3.05, 3.63) is 65.2 Å². The Balaban J connectivity index is 2.09. The van der Waals surface area contributed by atoms with Crippen molar-refractivity contribution in [3.63, 3.8) is 0 Å². The van der Waals surface area contributed by atoms with Gasteiger partial charge in [0.1, 0.15) is 5.76 Å². The molecule has 164 valence electrons. The van der Waals surface area contributed by atoms with Gasteiger partial charge in [0.25, 0.3) is 11.7 Å². The fourth-order valence-corrected chi connectivity index (χ4v) is 3.79. The maximum absolute atomic E-state index is 13.0. The predicted molar refractivity (Wildman–Crippen MR) is 118 cm³/mol. The van der Waals surface area contributed by atoms with Gasteiger partial charge in [0, 0.05) is 12.1 Å². The standard InChI is InChI=1S/C24H28N2O5/c1-25(2)13-8-14-26-21(16-9-6-5-7-10-16)20(23(28)24(26)29)22(27)17-11-12-18(30-3)19(15-17)31-4/h5-7,9-12,15,21,27H,8,13-14H2,1-4H3/t21-/m1/s1. The van der Waals surface area contributed by atoms with E-state index in [9.17, 15) is 14.7 Å². The number of nitrogens with zero attached hydrogens (tertiary/aromatic N) is 2.